The fourth-order valence-electron chi connectivity index (χ4n) is 1.68. The first-order chi connectivity index (χ1) is 8.59. The smallest absolute Gasteiger partial charge is 0.233 e. The maximum atomic E-state index is 11.3. The van der Waals surface area contributed by atoms with E-state index in [0.29, 0.717) is 0 Å². The van der Waals surface area contributed by atoms with Crippen molar-refractivity contribution in [2.45, 2.75) is 24.7 Å². The van der Waals surface area contributed by atoms with Gasteiger partial charge in [-0.25, -0.2) is 0 Å². The van der Waals surface area contributed by atoms with Gasteiger partial charge in [-0.2, -0.15) is 0 Å². The Labute approximate surface area is 118 Å². The zero-order valence-electron chi connectivity index (χ0n) is 11.0. The van der Waals surface area contributed by atoms with Gasteiger partial charge in [0, 0.05) is 13.1 Å². The Bertz CT molecular complexity index is 354. The third-order valence-corrected chi connectivity index (χ3v) is 3.09. The molecule has 0 saturated carbocycles. The molecule has 1 amide bonds. The van der Waals surface area contributed by atoms with E-state index >= 15 is 0 Å². The topological polar surface area (TPSA) is 32.3 Å². The number of carbonyl (C=O) groups is 1. The quantitative estimate of drug-likeness (QED) is 0.619. The molecule has 0 heterocycles. The Morgan fingerprint density at radius 1 is 1.39 bits per heavy atom. The van der Waals surface area contributed by atoms with Crippen LogP contribution in [0.1, 0.15) is 18.9 Å². The van der Waals surface area contributed by atoms with Crippen molar-refractivity contribution in [2.75, 3.05) is 20.1 Å². The standard InChI is InChI=1S/C14H21BrN2O/c1-12(15)14(18)16-9-6-10-17(2)11-13-7-4-3-5-8-13/h3-5,7-8,12H,6,9-11H2,1-2H3,(H,16,18). The third kappa shape index (κ3) is 6.17. The third-order valence-electron chi connectivity index (χ3n) is 2.67. The largest absolute Gasteiger partial charge is 0.355 e. The van der Waals surface area contributed by atoms with Gasteiger partial charge in [-0.1, -0.05) is 46.3 Å². The van der Waals surface area contributed by atoms with Gasteiger partial charge in [0.25, 0.3) is 0 Å². The van der Waals surface area contributed by atoms with Crippen molar-refractivity contribution in [3.63, 3.8) is 0 Å². The van der Waals surface area contributed by atoms with E-state index in [4.69, 9.17) is 0 Å². The summed E-state index contributed by atoms with van der Waals surface area (Å²) in [5.74, 6) is 0.0562. The lowest BCUT2D eigenvalue weighted by molar-refractivity contribution is -0.120. The molecule has 0 saturated heterocycles. The van der Waals surface area contributed by atoms with Crippen LogP contribution in [0.2, 0.25) is 0 Å². The van der Waals surface area contributed by atoms with Crippen LogP contribution in [0.25, 0.3) is 0 Å². The number of hydrogen-bond acceptors (Lipinski definition) is 2. The van der Waals surface area contributed by atoms with E-state index < -0.39 is 0 Å². The highest BCUT2D eigenvalue weighted by Crippen LogP contribution is 2.02. The Morgan fingerprint density at radius 2 is 2.06 bits per heavy atom. The number of benzene rings is 1. The average molecular weight is 313 g/mol. The Morgan fingerprint density at radius 3 is 2.67 bits per heavy atom. The predicted octanol–water partition coefficient (Wildman–Crippen LogP) is 2.41. The Kier molecular flexibility index (Phi) is 6.98. The van der Waals surface area contributed by atoms with E-state index in [9.17, 15) is 4.79 Å². The summed E-state index contributed by atoms with van der Waals surface area (Å²) in [5.41, 5.74) is 1.32. The summed E-state index contributed by atoms with van der Waals surface area (Å²) in [6, 6.07) is 10.4. The molecule has 0 fully saturated rings. The summed E-state index contributed by atoms with van der Waals surface area (Å²) in [6.45, 7) is 4.49. The van der Waals surface area contributed by atoms with Gasteiger partial charge < -0.3 is 10.2 Å². The van der Waals surface area contributed by atoms with Crippen molar-refractivity contribution in [1.29, 1.82) is 0 Å². The van der Waals surface area contributed by atoms with Crippen LogP contribution in [0.3, 0.4) is 0 Å². The molecule has 0 bridgehead atoms. The molecule has 3 nitrogen and oxygen atoms in total. The molecule has 0 radical (unpaired) electrons. The van der Waals surface area contributed by atoms with Crippen LogP contribution < -0.4 is 5.32 Å². The summed E-state index contributed by atoms with van der Waals surface area (Å²) in [7, 11) is 2.10. The van der Waals surface area contributed by atoms with Crippen molar-refractivity contribution in [2.24, 2.45) is 0 Å². The Balaban J connectivity index is 2.14. The molecule has 1 unspecified atom stereocenters. The number of rotatable bonds is 7. The highest BCUT2D eigenvalue weighted by Gasteiger charge is 2.07. The first kappa shape index (κ1) is 15.2. The summed E-state index contributed by atoms with van der Waals surface area (Å²) >= 11 is 3.24. The summed E-state index contributed by atoms with van der Waals surface area (Å²) in [4.78, 5) is 13.5. The highest BCUT2D eigenvalue weighted by atomic mass is 79.9. The monoisotopic (exact) mass is 312 g/mol. The molecule has 1 rings (SSSR count). The molecular formula is C14H21BrN2O. The van der Waals surface area contributed by atoms with E-state index in [1.54, 1.807) is 0 Å². The summed E-state index contributed by atoms with van der Waals surface area (Å²) in [6.07, 6.45) is 0.967. The van der Waals surface area contributed by atoms with Crippen molar-refractivity contribution in [3.8, 4) is 0 Å². The molecule has 1 N–H and O–H groups in total. The fraction of sp³-hybridized carbons (Fsp3) is 0.500. The van der Waals surface area contributed by atoms with Gasteiger partial charge in [0.15, 0.2) is 0 Å². The zero-order valence-corrected chi connectivity index (χ0v) is 12.6. The number of nitrogens with one attached hydrogen (secondary N) is 1. The van der Waals surface area contributed by atoms with Gasteiger partial charge in [0.2, 0.25) is 5.91 Å². The minimum Gasteiger partial charge on any atom is -0.355 e. The van der Waals surface area contributed by atoms with E-state index in [1.165, 1.54) is 5.56 Å². The van der Waals surface area contributed by atoms with E-state index in [1.807, 2.05) is 13.0 Å². The highest BCUT2D eigenvalue weighted by molar-refractivity contribution is 9.10. The first-order valence-corrected chi connectivity index (χ1v) is 7.15. The van der Waals surface area contributed by atoms with Crippen LogP contribution in [0, 0.1) is 0 Å². The van der Waals surface area contributed by atoms with Crippen molar-refractivity contribution in [1.82, 2.24) is 10.2 Å². The van der Waals surface area contributed by atoms with Gasteiger partial charge in [-0.3, -0.25) is 4.79 Å². The van der Waals surface area contributed by atoms with Gasteiger partial charge >= 0.3 is 0 Å². The predicted molar refractivity (Wildman–Crippen MR) is 78.8 cm³/mol. The van der Waals surface area contributed by atoms with Crippen molar-refractivity contribution in [3.05, 3.63) is 35.9 Å². The maximum Gasteiger partial charge on any atom is 0.233 e. The van der Waals surface area contributed by atoms with Gasteiger partial charge in [-0.15, -0.1) is 0 Å². The van der Waals surface area contributed by atoms with E-state index in [2.05, 4.69) is 57.5 Å². The maximum absolute atomic E-state index is 11.3. The lowest BCUT2D eigenvalue weighted by Crippen LogP contribution is -2.32. The number of amides is 1. The lowest BCUT2D eigenvalue weighted by Gasteiger charge is -2.16. The first-order valence-electron chi connectivity index (χ1n) is 6.24. The van der Waals surface area contributed by atoms with Crippen LogP contribution >= 0.6 is 15.9 Å². The number of nitrogens with zero attached hydrogens (tertiary/aromatic N) is 1. The summed E-state index contributed by atoms with van der Waals surface area (Å²) in [5, 5.41) is 2.89. The van der Waals surface area contributed by atoms with Crippen molar-refractivity contribution >= 4 is 21.8 Å². The van der Waals surface area contributed by atoms with Crippen LogP contribution in [-0.4, -0.2) is 35.8 Å². The zero-order chi connectivity index (χ0) is 13.4. The number of halogens is 1. The summed E-state index contributed by atoms with van der Waals surface area (Å²) < 4.78 is 0. The minimum atomic E-state index is -0.112. The van der Waals surface area contributed by atoms with Crippen LogP contribution in [0.5, 0.6) is 0 Å². The number of alkyl halides is 1. The van der Waals surface area contributed by atoms with E-state index in [0.717, 1.165) is 26.1 Å². The second-order valence-corrected chi connectivity index (χ2v) is 5.86. The van der Waals surface area contributed by atoms with Crippen LogP contribution in [0.15, 0.2) is 30.3 Å². The molecule has 0 spiro atoms. The van der Waals surface area contributed by atoms with Crippen molar-refractivity contribution < 1.29 is 4.79 Å². The molecule has 0 aliphatic carbocycles. The normalized spacial score (nSPS) is 12.4. The average Bonchev–Trinajstić information content (AvgIpc) is 2.35. The Hall–Kier alpha value is -0.870. The second-order valence-electron chi connectivity index (χ2n) is 4.48. The molecular weight excluding hydrogens is 292 g/mol. The molecule has 100 valence electrons. The van der Waals surface area contributed by atoms with Gasteiger partial charge in [0.1, 0.15) is 0 Å². The molecule has 18 heavy (non-hydrogen) atoms. The van der Waals surface area contributed by atoms with Crippen LogP contribution in [-0.2, 0) is 11.3 Å². The second kappa shape index (κ2) is 8.27. The number of carbonyl (C=O) groups excluding carboxylic acids is 1. The van der Waals surface area contributed by atoms with E-state index in [-0.39, 0.29) is 10.7 Å². The molecule has 1 aromatic carbocycles. The van der Waals surface area contributed by atoms with Gasteiger partial charge in [0.05, 0.1) is 4.83 Å². The van der Waals surface area contributed by atoms with Gasteiger partial charge in [-0.05, 0) is 32.5 Å². The molecule has 0 aliphatic rings. The molecule has 0 aliphatic heterocycles. The molecule has 4 heteroatoms. The minimum absolute atomic E-state index is 0.0562. The van der Waals surface area contributed by atoms with Crippen LogP contribution in [0.4, 0.5) is 0 Å². The number of hydrogen-bond donors (Lipinski definition) is 1. The lowest BCUT2D eigenvalue weighted by atomic mass is 10.2. The molecule has 1 atom stereocenters. The molecule has 0 aromatic heterocycles. The SMILES string of the molecule is CC(Br)C(=O)NCCCN(C)Cc1ccccc1. The fourth-order valence-corrected chi connectivity index (χ4v) is 1.84. The molecule has 1 aromatic rings.